The Morgan fingerprint density at radius 3 is 2.40 bits per heavy atom. The fourth-order valence-electron chi connectivity index (χ4n) is 1.89. The lowest BCUT2D eigenvalue weighted by Gasteiger charge is -2.10. The summed E-state index contributed by atoms with van der Waals surface area (Å²) >= 11 is 0. The predicted molar refractivity (Wildman–Crippen MR) is 80.4 cm³/mol. The van der Waals surface area contributed by atoms with Crippen molar-refractivity contribution in [1.29, 1.82) is 0 Å². The number of benzene rings is 2. The van der Waals surface area contributed by atoms with Gasteiger partial charge in [0.25, 0.3) is 5.91 Å². The van der Waals surface area contributed by atoms with Gasteiger partial charge >= 0.3 is 5.97 Å². The smallest absolute Gasteiger partial charge is 0.337 e. The zero-order valence-electron chi connectivity index (χ0n) is 11.1. The first-order valence-electron chi connectivity index (χ1n) is 6.34. The molecule has 0 aliphatic heterocycles. The van der Waals surface area contributed by atoms with Crippen molar-refractivity contribution < 1.29 is 14.7 Å². The molecule has 0 spiro atoms. The number of nitrogens with one attached hydrogen (secondary N) is 1. The van der Waals surface area contributed by atoms with Crippen molar-refractivity contribution in [2.75, 3.05) is 5.32 Å². The van der Waals surface area contributed by atoms with Gasteiger partial charge in [-0.15, -0.1) is 0 Å². The Morgan fingerprint density at radius 2 is 1.80 bits per heavy atom. The molecule has 2 aromatic carbocycles. The molecule has 4 nitrogen and oxygen atoms in total. The lowest BCUT2D eigenvalue weighted by atomic mass is 9.73. The Labute approximate surface area is 117 Å². The van der Waals surface area contributed by atoms with Crippen molar-refractivity contribution in [1.82, 2.24) is 0 Å². The molecule has 20 heavy (non-hydrogen) atoms. The highest BCUT2D eigenvalue weighted by Crippen LogP contribution is 2.15. The Morgan fingerprint density at radius 1 is 1.10 bits per heavy atom. The summed E-state index contributed by atoms with van der Waals surface area (Å²) in [6.45, 7) is 1.97. The van der Waals surface area contributed by atoms with Crippen LogP contribution < -0.4 is 10.8 Å². The number of hydrogen-bond acceptors (Lipinski definition) is 2. The van der Waals surface area contributed by atoms with Crippen LogP contribution in [-0.2, 0) is 0 Å². The number of carboxylic acids is 1. The Hall–Kier alpha value is -2.56. The van der Waals surface area contributed by atoms with Crippen LogP contribution in [0.3, 0.4) is 0 Å². The van der Waals surface area contributed by atoms with Gasteiger partial charge in [-0.25, -0.2) is 4.79 Å². The molecule has 0 aliphatic carbocycles. The number of rotatable bonds is 4. The van der Waals surface area contributed by atoms with E-state index in [1.54, 1.807) is 36.4 Å². The van der Waals surface area contributed by atoms with Gasteiger partial charge in [0, 0.05) is 5.56 Å². The number of carbonyl (C=O) groups excluding carboxylic acids is 1. The van der Waals surface area contributed by atoms with Crippen LogP contribution >= 0.6 is 0 Å². The number of amides is 1. The minimum atomic E-state index is -1.06. The molecule has 2 N–H and O–H groups in total. The van der Waals surface area contributed by atoms with E-state index in [1.165, 1.54) is 6.07 Å². The number of carbonyl (C=O) groups is 2. The van der Waals surface area contributed by atoms with E-state index in [0.717, 1.165) is 12.7 Å². The largest absolute Gasteiger partial charge is 0.478 e. The van der Waals surface area contributed by atoms with Gasteiger partial charge in [0.15, 0.2) is 7.28 Å². The van der Waals surface area contributed by atoms with Gasteiger partial charge in [-0.1, -0.05) is 36.6 Å². The monoisotopic (exact) mass is 267 g/mol. The summed E-state index contributed by atoms with van der Waals surface area (Å²) in [5.41, 5.74) is 1.88. The SMILES string of the molecule is CBc1ccc(C(=O)O)c(NC(=O)c2ccccc2)c1. The summed E-state index contributed by atoms with van der Waals surface area (Å²) in [5.74, 6) is -1.38. The average molecular weight is 267 g/mol. The number of carboxylic acid groups (broad SMARTS) is 1. The normalized spacial score (nSPS) is 9.85. The second-order valence-electron chi connectivity index (χ2n) is 4.36. The first kappa shape index (κ1) is 13.9. The second-order valence-corrected chi connectivity index (χ2v) is 4.36. The Bertz CT molecular complexity index is 641. The molecule has 0 saturated carbocycles. The van der Waals surface area contributed by atoms with Crippen LogP contribution in [0.15, 0.2) is 48.5 Å². The van der Waals surface area contributed by atoms with E-state index in [-0.39, 0.29) is 11.5 Å². The summed E-state index contributed by atoms with van der Waals surface area (Å²) in [6.07, 6.45) is 0. The molecule has 0 saturated heterocycles. The number of anilines is 1. The van der Waals surface area contributed by atoms with Crippen molar-refractivity contribution in [2.24, 2.45) is 0 Å². The van der Waals surface area contributed by atoms with Gasteiger partial charge in [-0.3, -0.25) is 4.79 Å². The molecular formula is C15H14BNO3. The maximum atomic E-state index is 12.1. The number of hydrogen-bond donors (Lipinski definition) is 2. The maximum Gasteiger partial charge on any atom is 0.337 e. The Kier molecular flexibility index (Phi) is 4.20. The number of aromatic carboxylic acids is 1. The third kappa shape index (κ3) is 3.06. The summed E-state index contributed by atoms with van der Waals surface area (Å²) in [5, 5.41) is 11.8. The van der Waals surface area contributed by atoms with E-state index in [1.807, 2.05) is 12.9 Å². The van der Waals surface area contributed by atoms with Gasteiger partial charge in [-0.05, 0) is 24.3 Å². The van der Waals surface area contributed by atoms with E-state index >= 15 is 0 Å². The third-order valence-corrected chi connectivity index (χ3v) is 3.01. The van der Waals surface area contributed by atoms with Crippen LogP contribution in [0.4, 0.5) is 5.69 Å². The van der Waals surface area contributed by atoms with Gasteiger partial charge in [0.05, 0.1) is 11.3 Å². The molecule has 0 heterocycles. The van der Waals surface area contributed by atoms with E-state index < -0.39 is 5.97 Å². The molecule has 0 aromatic heterocycles. The first-order valence-corrected chi connectivity index (χ1v) is 6.34. The predicted octanol–water partition coefficient (Wildman–Crippen LogP) is 1.75. The van der Waals surface area contributed by atoms with Crippen LogP contribution in [0, 0.1) is 0 Å². The van der Waals surface area contributed by atoms with E-state index in [0.29, 0.717) is 11.3 Å². The average Bonchev–Trinajstić information content (AvgIpc) is 2.47. The van der Waals surface area contributed by atoms with E-state index in [9.17, 15) is 9.59 Å². The summed E-state index contributed by atoms with van der Waals surface area (Å²) in [4.78, 5) is 23.3. The topological polar surface area (TPSA) is 66.4 Å². The molecule has 5 heteroatoms. The lowest BCUT2D eigenvalue weighted by Crippen LogP contribution is -2.19. The van der Waals surface area contributed by atoms with Gasteiger partial charge < -0.3 is 10.4 Å². The van der Waals surface area contributed by atoms with Crippen LogP contribution in [0.1, 0.15) is 20.7 Å². The molecule has 1 amide bonds. The molecule has 0 atom stereocenters. The summed E-state index contributed by atoms with van der Waals surface area (Å²) in [6, 6.07) is 13.7. The molecule has 0 unspecified atom stereocenters. The van der Waals surface area contributed by atoms with Gasteiger partial charge in [-0.2, -0.15) is 0 Å². The molecule has 2 rings (SSSR count). The van der Waals surface area contributed by atoms with Crippen LogP contribution in [0.25, 0.3) is 0 Å². The molecule has 0 aliphatic rings. The van der Waals surface area contributed by atoms with E-state index in [2.05, 4.69) is 5.32 Å². The summed E-state index contributed by atoms with van der Waals surface area (Å²) in [7, 11) is 0.772. The minimum Gasteiger partial charge on any atom is -0.478 e. The molecule has 0 radical (unpaired) electrons. The third-order valence-electron chi connectivity index (χ3n) is 3.01. The maximum absolute atomic E-state index is 12.1. The van der Waals surface area contributed by atoms with Crippen LogP contribution in [0.5, 0.6) is 0 Å². The Balaban J connectivity index is 2.32. The van der Waals surface area contributed by atoms with E-state index in [4.69, 9.17) is 5.11 Å². The zero-order chi connectivity index (χ0) is 14.5. The van der Waals surface area contributed by atoms with Crippen LogP contribution in [0.2, 0.25) is 6.82 Å². The summed E-state index contributed by atoms with van der Waals surface area (Å²) < 4.78 is 0. The zero-order valence-corrected chi connectivity index (χ0v) is 11.1. The fourth-order valence-corrected chi connectivity index (χ4v) is 1.89. The second kappa shape index (κ2) is 6.06. The van der Waals surface area contributed by atoms with Crippen molar-refractivity contribution >= 4 is 30.3 Å². The first-order chi connectivity index (χ1) is 9.61. The van der Waals surface area contributed by atoms with Crippen molar-refractivity contribution in [3.63, 3.8) is 0 Å². The quantitative estimate of drug-likeness (QED) is 0.829. The molecule has 100 valence electrons. The molecule has 0 fully saturated rings. The standard InChI is InChI=1S/C15H14BNO3/c1-16-11-7-8-12(15(19)20)13(9-11)17-14(18)10-5-3-2-4-6-10/h2-9,16H,1H3,(H,17,18)(H,19,20). The van der Waals surface area contributed by atoms with Gasteiger partial charge in [0.1, 0.15) is 0 Å². The van der Waals surface area contributed by atoms with Gasteiger partial charge in [0.2, 0.25) is 0 Å². The molecule has 2 aromatic rings. The molecule has 0 bridgehead atoms. The fraction of sp³-hybridized carbons (Fsp3) is 0.0667. The highest BCUT2D eigenvalue weighted by atomic mass is 16.4. The minimum absolute atomic E-state index is 0.0893. The van der Waals surface area contributed by atoms with Crippen molar-refractivity contribution in [2.45, 2.75) is 6.82 Å². The lowest BCUT2D eigenvalue weighted by molar-refractivity contribution is 0.0698. The van der Waals surface area contributed by atoms with Crippen LogP contribution in [-0.4, -0.2) is 24.3 Å². The highest BCUT2D eigenvalue weighted by Gasteiger charge is 2.13. The molecular weight excluding hydrogens is 253 g/mol. The van der Waals surface area contributed by atoms with Crippen molar-refractivity contribution in [3.8, 4) is 0 Å². The van der Waals surface area contributed by atoms with Crippen molar-refractivity contribution in [3.05, 3.63) is 59.7 Å². The highest BCUT2D eigenvalue weighted by molar-refractivity contribution is 6.52.